The molecule has 3 nitrogen and oxygen atoms in total. The maximum absolute atomic E-state index is 10.3. The van der Waals surface area contributed by atoms with Crippen molar-refractivity contribution in [2.45, 2.75) is 64.1 Å². The van der Waals surface area contributed by atoms with Gasteiger partial charge in [0.15, 0.2) is 0 Å². The summed E-state index contributed by atoms with van der Waals surface area (Å²) in [5.41, 5.74) is 0.477. The first kappa shape index (κ1) is 16.7. The second-order valence-corrected chi connectivity index (χ2v) is 7.13. The third kappa shape index (κ3) is 4.18. The maximum Gasteiger partial charge on any atom is 0.0654 e. The minimum absolute atomic E-state index is 0.144. The van der Waals surface area contributed by atoms with Crippen molar-refractivity contribution in [1.29, 1.82) is 0 Å². The van der Waals surface area contributed by atoms with E-state index in [1.807, 2.05) is 13.0 Å². The molecule has 0 spiro atoms. The first-order chi connectivity index (χ1) is 9.96. The summed E-state index contributed by atoms with van der Waals surface area (Å²) < 4.78 is 0. The average molecular weight is 294 g/mol. The number of aliphatic hydroxyl groups excluding tert-OH is 2. The highest BCUT2D eigenvalue weighted by Gasteiger charge is 2.43. The summed E-state index contributed by atoms with van der Waals surface area (Å²) in [4.78, 5) is 0. The normalized spacial score (nSPS) is 35.0. The topological polar surface area (TPSA) is 60.7 Å². The smallest absolute Gasteiger partial charge is 0.0654 e. The van der Waals surface area contributed by atoms with E-state index in [4.69, 9.17) is 0 Å². The molecule has 0 aromatic heterocycles. The van der Waals surface area contributed by atoms with Crippen LogP contribution in [0.5, 0.6) is 0 Å². The molecule has 0 aromatic rings. The molecule has 0 radical (unpaired) electrons. The van der Waals surface area contributed by atoms with Crippen molar-refractivity contribution in [2.24, 2.45) is 17.8 Å². The van der Waals surface area contributed by atoms with Gasteiger partial charge in [-0.15, -0.1) is 0 Å². The second-order valence-electron chi connectivity index (χ2n) is 7.13. The zero-order chi connectivity index (χ0) is 15.5. The highest BCUT2D eigenvalue weighted by Crippen LogP contribution is 2.47. The van der Waals surface area contributed by atoms with Gasteiger partial charge in [-0.3, -0.25) is 0 Å². The Morgan fingerprint density at radius 2 is 2.19 bits per heavy atom. The Labute approximate surface area is 128 Å². The first-order valence-electron chi connectivity index (χ1n) is 8.34. The maximum atomic E-state index is 10.3. The van der Waals surface area contributed by atoms with Crippen LogP contribution in [0.2, 0.25) is 0 Å². The van der Waals surface area contributed by atoms with Crippen LogP contribution in [0.15, 0.2) is 23.8 Å². The van der Waals surface area contributed by atoms with Gasteiger partial charge in [-0.2, -0.15) is 0 Å². The molecule has 0 unspecified atom stereocenters. The van der Waals surface area contributed by atoms with E-state index in [1.165, 1.54) is 0 Å². The molecule has 120 valence electrons. The van der Waals surface area contributed by atoms with Crippen LogP contribution < -0.4 is 0 Å². The lowest BCUT2D eigenvalue weighted by molar-refractivity contribution is 0.0513. The first-order valence-corrected chi connectivity index (χ1v) is 8.34. The van der Waals surface area contributed by atoms with E-state index in [2.05, 4.69) is 19.1 Å². The summed E-state index contributed by atoms with van der Waals surface area (Å²) in [5, 5.41) is 29.8. The predicted molar refractivity (Wildman–Crippen MR) is 84.8 cm³/mol. The fourth-order valence-corrected chi connectivity index (χ4v) is 3.86. The number of rotatable bonds is 7. The zero-order valence-corrected chi connectivity index (χ0v) is 13.3. The Morgan fingerprint density at radius 1 is 1.43 bits per heavy atom. The summed E-state index contributed by atoms with van der Waals surface area (Å²) in [6, 6.07) is 0. The number of allylic oxidation sites excluding steroid dienone is 1. The Bertz CT molecular complexity index is 397. The zero-order valence-electron chi connectivity index (χ0n) is 13.3. The highest BCUT2D eigenvalue weighted by atomic mass is 16.3. The van der Waals surface area contributed by atoms with Crippen molar-refractivity contribution >= 4 is 0 Å². The van der Waals surface area contributed by atoms with Crippen LogP contribution in [-0.2, 0) is 0 Å². The Morgan fingerprint density at radius 3 is 2.86 bits per heavy atom. The Balaban J connectivity index is 1.89. The summed E-state index contributed by atoms with van der Waals surface area (Å²) in [7, 11) is 0. The molecule has 1 saturated carbocycles. The van der Waals surface area contributed by atoms with Gasteiger partial charge in [-0.05, 0) is 50.0 Å². The number of fused-ring (bicyclic) bond motifs is 1. The quantitative estimate of drug-likeness (QED) is 0.633. The van der Waals surface area contributed by atoms with Gasteiger partial charge in [0.25, 0.3) is 0 Å². The van der Waals surface area contributed by atoms with Crippen LogP contribution >= 0.6 is 0 Å². The lowest BCUT2D eigenvalue weighted by atomic mass is 9.88. The van der Waals surface area contributed by atoms with E-state index >= 15 is 0 Å². The Kier molecular flexibility index (Phi) is 5.64. The standard InChI is InChI=1S/C18H30O3/c1-3-4-7-18(2,21)8-5-6-15-16-10-13(12-19)9-14(16)11-17(15)20/h5-6,9,14-17,19-21H,3-4,7-8,10-12H2,1-2H3/b6-5+/t14-,15+,16-,17+,18-/m0/s1. The van der Waals surface area contributed by atoms with Gasteiger partial charge in [-0.1, -0.05) is 38.0 Å². The molecule has 0 heterocycles. The van der Waals surface area contributed by atoms with Crippen LogP contribution in [0.25, 0.3) is 0 Å². The Hall–Kier alpha value is -0.640. The number of aliphatic hydroxyl groups is 3. The fraction of sp³-hybridized carbons (Fsp3) is 0.778. The number of unbranched alkanes of at least 4 members (excludes halogenated alkanes) is 1. The fourth-order valence-electron chi connectivity index (χ4n) is 3.86. The molecule has 5 atom stereocenters. The van der Waals surface area contributed by atoms with Gasteiger partial charge in [0.2, 0.25) is 0 Å². The van der Waals surface area contributed by atoms with Crippen molar-refractivity contribution in [3.05, 3.63) is 23.8 Å². The molecule has 0 bridgehead atoms. The molecule has 3 N–H and O–H groups in total. The molecule has 2 aliphatic carbocycles. The van der Waals surface area contributed by atoms with Crippen LogP contribution in [-0.4, -0.2) is 33.6 Å². The molecule has 0 aliphatic heterocycles. The van der Waals surface area contributed by atoms with Crippen molar-refractivity contribution < 1.29 is 15.3 Å². The molecule has 2 rings (SSSR count). The molecule has 1 fully saturated rings. The van der Waals surface area contributed by atoms with Gasteiger partial charge >= 0.3 is 0 Å². The van der Waals surface area contributed by atoms with E-state index < -0.39 is 5.60 Å². The van der Waals surface area contributed by atoms with Gasteiger partial charge in [0.1, 0.15) is 0 Å². The predicted octanol–water partition coefficient (Wildman–Crippen LogP) is 2.81. The van der Waals surface area contributed by atoms with Gasteiger partial charge in [-0.25, -0.2) is 0 Å². The molecule has 0 saturated heterocycles. The number of hydrogen-bond donors (Lipinski definition) is 3. The van der Waals surface area contributed by atoms with E-state index in [-0.39, 0.29) is 18.6 Å². The molecule has 0 aromatic carbocycles. The molecule has 3 heteroatoms. The largest absolute Gasteiger partial charge is 0.392 e. The minimum atomic E-state index is -0.639. The lowest BCUT2D eigenvalue weighted by Crippen LogP contribution is -2.23. The molecule has 21 heavy (non-hydrogen) atoms. The van der Waals surface area contributed by atoms with Gasteiger partial charge in [0.05, 0.1) is 18.3 Å². The van der Waals surface area contributed by atoms with Crippen molar-refractivity contribution in [2.75, 3.05) is 6.61 Å². The molecule has 2 aliphatic rings. The lowest BCUT2D eigenvalue weighted by Gasteiger charge is -2.22. The van der Waals surface area contributed by atoms with Gasteiger partial charge < -0.3 is 15.3 Å². The molecular formula is C18H30O3. The summed E-state index contributed by atoms with van der Waals surface area (Å²) in [6.07, 6.45) is 11.3. The average Bonchev–Trinajstić information content (AvgIpc) is 2.95. The van der Waals surface area contributed by atoms with E-state index in [0.717, 1.165) is 37.7 Å². The monoisotopic (exact) mass is 294 g/mol. The van der Waals surface area contributed by atoms with Crippen molar-refractivity contribution in [3.8, 4) is 0 Å². The number of hydrogen-bond acceptors (Lipinski definition) is 3. The summed E-state index contributed by atoms with van der Waals surface area (Å²) >= 11 is 0. The third-order valence-corrected chi connectivity index (χ3v) is 5.14. The minimum Gasteiger partial charge on any atom is -0.392 e. The van der Waals surface area contributed by atoms with Gasteiger partial charge in [0, 0.05) is 5.92 Å². The molecular weight excluding hydrogens is 264 g/mol. The second kappa shape index (κ2) is 7.08. The SMILES string of the molecule is CCCC[C@](C)(O)C/C=C/[C@@H]1[C@H]2CC(CO)=C[C@H]2C[C@H]1O. The van der Waals surface area contributed by atoms with Crippen molar-refractivity contribution in [1.82, 2.24) is 0 Å². The summed E-state index contributed by atoms with van der Waals surface area (Å²) in [6.45, 7) is 4.17. The van der Waals surface area contributed by atoms with Crippen molar-refractivity contribution in [3.63, 3.8) is 0 Å². The van der Waals surface area contributed by atoms with E-state index in [9.17, 15) is 15.3 Å². The molecule has 0 amide bonds. The van der Waals surface area contributed by atoms with Crippen LogP contribution in [0.1, 0.15) is 52.4 Å². The van der Waals surface area contributed by atoms with Crippen LogP contribution in [0.3, 0.4) is 0 Å². The van der Waals surface area contributed by atoms with Crippen LogP contribution in [0.4, 0.5) is 0 Å². The van der Waals surface area contributed by atoms with E-state index in [0.29, 0.717) is 18.3 Å². The van der Waals surface area contributed by atoms with Crippen LogP contribution in [0, 0.1) is 17.8 Å². The summed E-state index contributed by atoms with van der Waals surface area (Å²) in [5.74, 6) is 1.01. The highest BCUT2D eigenvalue weighted by molar-refractivity contribution is 5.20. The third-order valence-electron chi connectivity index (χ3n) is 5.14. The van der Waals surface area contributed by atoms with E-state index in [1.54, 1.807) is 0 Å².